The van der Waals surface area contributed by atoms with Gasteiger partial charge in [-0.15, -0.1) is 0 Å². The number of carbonyl (C=O) groups is 2. The van der Waals surface area contributed by atoms with Crippen LogP contribution in [0.1, 0.15) is 42.5 Å². The molecule has 0 spiro atoms. The summed E-state index contributed by atoms with van der Waals surface area (Å²) in [5.41, 5.74) is 1.13. The second-order valence-electron chi connectivity index (χ2n) is 6.78. The van der Waals surface area contributed by atoms with Crippen LogP contribution in [0.5, 0.6) is 0 Å². The van der Waals surface area contributed by atoms with Gasteiger partial charge >= 0.3 is 6.03 Å². The first-order valence-electron chi connectivity index (χ1n) is 9.16. The first-order valence-corrected chi connectivity index (χ1v) is 9.16. The second-order valence-corrected chi connectivity index (χ2v) is 6.78. The molecule has 1 aromatic rings. The van der Waals surface area contributed by atoms with E-state index in [-0.39, 0.29) is 11.9 Å². The molecule has 1 heterocycles. The maximum atomic E-state index is 13.0. The van der Waals surface area contributed by atoms with Gasteiger partial charge in [-0.3, -0.25) is 4.79 Å². The van der Waals surface area contributed by atoms with Gasteiger partial charge in [-0.05, 0) is 25.0 Å². The minimum absolute atomic E-state index is 0.0234. The Labute approximate surface area is 149 Å². The molecule has 0 unspecified atom stereocenters. The van der Waals surface area contributed by atoms with Crippen molar-refractivity contribution in [2.75, 3.05) is 38.7 Å². The van der Waals surface area contributed by atoms with Gasteiger partial charge in [0.05, 0.1) is 24.5 Å². The van der Waals surface area contributed by atoms with Crippen LogP contribution in [-0.4, -0.2) is 61.1 Å². The van der Waals surface area contributed by atoms with Gasteiger partial charge in [0.15, 0.2) is 0 Å². The van der Waals surface area contributed by atoms with Crippen molar-refractivity contribution in [1.29, 1.82) is 0 Å². The third kappa shape index (κ3) is 4.31. The number of para-hydroxylation sites is 1. The largest absolute Gasteiger partial charge is 0.378 e. The van der Waals surface area contributed by atoms with Gasteiger partial charge in [0.1, 0.15) is 0 Å². The lowest BCUT2D eigenvalue weighted by atomic mass is 9.94. The fourth-order valence-electron chi connectivity index (χ4n) is 3.56. The highest BCUT2D eigenvalue weighted by atomic mass is 16.5. The Morgan fingerprint density at radius 3 is 2.52 bits per heavy atom. The molecular weight excluding hydrogens is 318 g/mol. The van der Waals surface area contributed by atoms with Crippen LogP contribution in [0.2, 0.25) is 0 Å². The van der Waals surface area contributed by atoms with Crippen molar-refractivity contribution in [3.8, 4) is 0 Å². The fraction of sp³-hybridized carbons (Fsp3) is 0.579. The number of nitrogens with zero attached hydrogens (tertiary/aromatic N) is 2. The normalized spacial score (nSPS) is 18.7. The van der Waals surface area contributed by atoms with Crippen LogP contribution in [0.3, 0.4) is 0 Å². The lowest BCUT2D eigenvalue weighted by Crippen LogP contribution is -2.43. The SMILES string of the molecule is CN(C(=O)c1ccccc1NC(=O)N1CCOCC1)C1CCCCC1. The summed E-state index contributed by atoms with van der Waals surface area (Å²) in [7, 11) is 1.87. The first-order chi connectivity index (χ1) is 12.2. The topological polar surface area (TPSA) is 61.9 Å². The van der Waals surface area contributed by atoms with Gasteiger partial charge in [0.25, 0.3) is 5.91 Å². The molecule has 0 radical (unpaired) electrons. The lowest BCUT2D eigenvalue weighted by Gasteiger charge is -2.32. The summed E-state index contributed by atoms with van der Waals surface area (Å²) in [6, 6.07) is 7.38. The molecule has 25 heavy (non-hydrogen) atoms. The molecule has 136 valence electrons. The monoisotopic (exact) mass is 345 g/mol. The van der Waals surface area contributed by atoms with Crippen LogP contribution in [0.15, 0.2) is 24.3 Å². The molecule has 6 nitrogen and oxygen atoms in total. The molecular formula is C19H27N3O3. The zero-order valence-corrected chi connectivity index (χ0v) is 14.9. The minimum Gasteiger partial charge on any atom is -0.378 e. The quantitative estimate of drug-likeness (QED) is 0.916. The Balaban J connectivity index is 1.71. The maximum absolute atomic E-state index is 13.0. The van der Waals surface area contributed by atoms with Crippen molar-refractivity contribution >= 4 is 17.6 Å². The summed E-state index contributed by atoms with van der Waals surface area (Å²) < 4.78 is 5.28. The van der Waals surface area contributed by atoms with E-state index in [1.165, 1.54) is 19.3 Å². The third-order valence-electron chi connectivity index (χ3n) is 5.14. The van der Waals surface area contributed by atoms with E-state index in [2.05, 4.69) is 5.32 Å². The number of hydrogen-bond acceptors (Lipinski definition) is 3. The van der Waals surface area contributed by atoms with Crippen molar-refractivity contribution in [2.45, 2.75) is 38.1 Å². The van der Waals surface area contributed by atoms with E-state index < -0.39 is 0 Å². The Morgan fingerprint density at radius 1 is 1.12 bits per heavy atom. The molecule has 1 saturated heterocycles. The molecule has 3 amide bonds. The predicted molar refractivity (Wildman–Crippen MR) is 96.8 cm³/mol. The zero-order chi connectivity index (χ0) is 17.6. The number of ether oxygens (including phenoxy) is 1. The van der Waals surface area contributed by atoms with E-state index in [0.29, 0.717) is 43.6 Å². The number of urea groups is 1. The molecule has 2 aliphatic rings. The molecule has 1 aliphatic heterocycles. The van der Waals surface area contributed by atoms with Crippen LogP contribution >= 0.6 is 0 Å². The van der Waals surface area contributed by atoms with Crippen molar-refractivity contribution < 1.29 is 14.3 Å². The van der Waals surface area contributed by atoms with Crippen LogP contribution in [0, 0.1) is 0 Å². The summed E-state index contributed by atoms with van der Waals surface area (Å²) in [5, 5.41) is 2.90. The number of hydrogen-bond donors (Lipinski definition) is 1. The Morgan fingerprint density at radius 2 is 1.80 bits per heavy atom. The highest BCUT2D eigenvalue weighted by Gasteiger charge is 2.25. The number of rotatable bonds is 3. The van der Waals surface area contributed by atoms with E-state index in [4.69, 9.17) is 4.74 Å². The van der Waals surface area contributed by atoms with Crippen molar-refractivity contribution in [2.24, 2.45) is 0 Å². The number of nitrogens with one attached hydrogen (secondary N) is 1. The Hall–Kier alpha value is -2.08. The Kier molecular flexibility index (Phi) is 5.91. The molecule has 1 saturated carbocycles. The molecule has 0 bridgehead atoms. The maximum Gasteiger partial charge on any atom is 0.322 e. The number of benzene rings is 1. The summed E-state index contributed by atoms with van der Waals surface area (Å²) >= 11 is 0. The molecule has 0 atom stereocenters. The predicted octanol–water partition coefficient (Wildman–Crippen LogP) is 2.96. The molecule has 1 aromatic carbocycles. The third-order valence-corrected chi connectivity index (χ3v) is 5.14. The Bertz CT molecular complexity index is 608. The van der Waals surface area contributed by atoms with E-state index in [1.54, 1.807) is 17.0 Å². The van der Waals surface area contributed by atoms with Crippen LogP contribution in [-0.2, 0) is 4.74 Å². The summed E-state index contributed by atoms with van der Waals surface area (Å²) in [5.74, 6) is -0.0234. The summed E-state index contributed by atoms with van der Waals surface area (Å²) in [6.07, 6.45) is 5.73. The fourth-order valence-corrected chi connectivity index (χ4v) is 3.56. The number of morpholine rings is 1. The number of anilines is 1. The average molecular weight is 345 g/mol. The molecule has 6 heteroatoms. The first kappa shape index (κ1) is 17.7. The van der Waals surface area contributed by atoms with E-state index in [9.17, 15) is 9.59 Å². The van der Waals surface area contributed by atoms with Gasteiger partial charge in [-0.25, -0.2) is 4.79 Å². The lowest BCUT2D eigenvalue weighted by molar-refractivity contribution is 0.0564. The van der Waals surface area contributed by atoms with Gasteiger partial charge in [0, 0.05) is 26.2 Å². The van der Waals surface area contributed by atoms with Crippen molar-refractivity contribution in [3.05, 3.63) is 29.8 Å². The van der Waals surface area contributed by atoms with Gasteiger partial charge in [0.2, 0.25) is 0 Å². The molecule has 1 aliphatic carbocycles. The van der Waals surface area contributed by atoms with Crippen LogP contribution < -0.4 is 5.32 Å². The average Bonchev–Trinajstić information content (AvgIpc) is 2.68. The van der Waals surface area contributed by atoms with Crippen molar-refractivity contribution in [1.82, 2.24) is 9.80 Å². The van der Waals surface area contributed by atoms with E-state index in [0.717, 1.165) is 12.8 Å². The van der Waals surface area contributed by atoms with Gasteiger partial charge < -0.3 is 19.9 Å². The molecule has 3 rings (SSSR count). The molecule has 0 aromatic heterocycles. The molecule has 1 N–H and O–H groups in total. The smallest absolute Gasteiger partial charge is 0.322 e. The molecule has 2 fully saturated rings. The van der Waals surface area contributed by atoms with Gasteiger partial charge in [-0.1, -0.05) is 31.4 Å². The van der Waals surface area contributed by atoms with Crippen molar-refractivity contribution in [3.63, 3.8) is 0 Å². The minimum atomic E-state index is -0.177. The number of carbonyl (C=O) groups excluding carboxylic acids is 2. The number of amides is 3. The van der Waals surface area contributed by atoms with Gasteiger partial charge in [-0.2, -0.15) is 0 Å². The van der Waals surface area contributed by atoms with E-state index in [1.807, 2.05) is 24.1 Å². The van der Waals surface area contributed by atoms with Crippen LogP contribution in [0.4, 0.5) is 10.5 Å². The zero-order valence-electron chi connectivity index (χ0n) is 14.9. The van der Waals surface area contributed by atoms with E-state index >= 15 is 0 Å². The standard InChI is InChI=1S/C19H27N3O3/c1-21(15-7-3-2-4-8-15)18(23)16-9-5-6-10-17(16)20-19(24)22-11-13-25-14-12-22/h5-6,9-10,15H,2-4,7-8,11-14H2,1H3,(H,20,24). The second kappa shape index (κ2) is 8.34. The summed E-state index contributed by atoms with van der Waals surface area (Å²) in [4.78, 5) is 29.0. The van der Waals surface area contributed by atoms with Crippen LogP contribution in [0.25, 0.3) is 0 Å². The highest BCUT2D eigenvalue weighted by Crippen LogP contribution is 2.25. The summed E-state index contributed by atoms with van der Waals surface area (Å²) in [6.45, 7) is 2.25. The highest BCUT2D eigenvalue weighted by molar-refractivity contribution is 6.03.